The summed E-state index contributed by atoms with van der Waals surface area (Å²) in [4.78, 5) is 14.6. The highest BCUT2D eigenvalue weighted by molar-refractivity contribution is 7.92. The third-order valence-corrected chi connectivity index (χ3v) is 15.0. The molecule has 0 N–H and O–H groups in total. The quantitative estimate of drug-likeness (QED) is 0.204. The summed E-state index contributed by atoms with van der Waals surface area (Å²) in [5.74, 6) is -2.27. The fourth-order valence-electron chi connectivity index (χ4n) is 7.76. The molecule has 2 aliphatic carbocycles. The molecule has 0 spiro atoms. The van der Waals surface area contributed by atoms with E-state index in [-0.39, 0.29) is 34.8 Å². The molecule has 46 heavy (non-hydrogen) atoms. The van der Waals surface area contributed by atoms with Crippen LogP contribution in [0.4, 0.5) is 0 Å². The highest BCUT2D eigenvalue weighted by atomic mass is 32.2. The van der Waals surface area contributed by atoms with Crippen molar-refractivity contribution in [2.24, 2.45) is 11.8 Å². The topological polar surface area (TPSA) is 85.3 Å². The molecule has 0 heterocycles. The summed E-state index contributed by atoms with van der Waals surface area (Å²) in [6.45, 7) is 7.90. The lowest BCUT2D eigenvalue weighted by atomic mass is 9.61. The predicted octanol–water partition coefficient (Wildman–Crippen LogP) is 7.73. The predicted molar refractivity (Wildman–Crippen MR) is 183 cm³/mol. The molecule has 2 saturated carbocycles. The highest BCUT2D eigenvalue weighted by Crippen LogP contribution is 2.54. The van der Waals surface area contributed by atoms with Gasteiger partial charge in [-0.2, -0.15) is 0 Å². The van der Waals surface area contributed by atoms with Gasteiger partial charge in [0.05, 0.1) is 20.3 Å². The van der Waals surface area contributed by atoms with Crippen molar-refractivity contribution in [1.82, 2.24) is 0 Å². The number of fused-ring (bicyclic) bond motifs is 1. The second-order valence-electron chi connectivity index (χ2n) is 13.4. The number of sulfone groups is 2. The molecular weight excluding hydrogens is 613 g/mol. The number of hydrogen-bond acceptors (Lipinski definition) is 5. The monoisotopic (exact) mass is 654 g/mol. The first-order valence-electron chi connectivity index (χ1n) is 16.2. The van der Waals surface area contributed by atoms with E-state index >= 15 is 0 Å². The number of rotatable bonds is 7. The van der Waals surface area contributed by atoms with Crippen molar-refractivity contribution >= 4 is 25.5 Å². The lowest BCUT2D eigenvalue weighted by Gasteiger charge is -2.48. The Morgan fingerprint density at radius 3 is 1.54 bits per heavy atom. The molecular formula is C39H42O5S2. The standard InChI is InChI=1S/C39H42O5S2/c1-5-28-12-16-30(17-13-28)34-23-37(40)35-24-38(45(41,42)31-18-8-26(3)9-19-31)33(29-14-6-25(2)7-15-29)22-36(35)39(34)46(43,44)32-20-10-27(4)11-21-32/h6-21,33-36,38-39H,5,22-24H2,1-4H3/t33?,34?,35-,36+,38?,39?/m1/s1. The summed E-state index contributed by atoms with van der Waals surface area (Å²) in [7, 11) is -7.75. The molecule has 4 unspecified atom stereocenters. The van der Waals surface area contributed by atoms with Crippen LogP contribution in [-0.2, 0) is 30.9 Å². The molecule has 7 heteroatoms. The van der Waals surface area contributed by atoms with Crippen LogP contribution in [0.3, 0.4) is 0 Å². The Morgan fingerprint density at radius 1 is 0.565 bits per heavy atom. The molecule has 0 amide bonds. The number of carbonyl (C=O) groups excluding carboxylic acids is 1. The van der Waals surface area contributed by atoms with Crippen LogP contribution in [0.25, 0.3) is 0 Å². The molecule has 2 fully saturated rings. The lowest BCUT2D eigenvalue weighted by Crippen LogP contribution is -2.53. The number of hydrogen-bond donors (Lipinski definition) is 0. The van der Waals surface area contributed by atoms with E-state index in [0.717, 1.165) is 39.8 Å². The zero-order valence-corrected chi connectivity index (χ0v) is 28.5. The van der Waals surface area contributed by atoms with Gasteiger partial charge in [-0.25, -0.2) is 16.8 Å². The van der Waals surface area contributed by atoms with Gasteiger partial charge in [-0.05, 0) is 86.9 Å². The molecule has 2 aliphatic rings. The van der Waals surface area contributed by atoms with Gasteiger partial charge in [0.25, 0.3) is 0 Å². The minimum absolute atomic E-state index is 0.0450. The maximum atomic E-state index is 14.8. The largest absolute Gasteiger partial charge is 0.299 e. The van der Waals surface area contributed by atoms with Crippen molar-refractivity contribution in [3.8, 4) is 0 Å². The van der Waals surface area contributed by atoms with Crippen molar-refractivity contribution in [2.75, 3.05) is 0 Å². The van der Waals surface area contributed by atoms with Gasteiger partial charge in [0.2, 0.25) is 0 Å². The molecule has 0 aromatic heterocycles. The average Bonchev–Trinajstić information content (AvgIpc) is 3.05. The molecule has 4 aromatic carbocycles. The minimum atomic E-state index is -3.91. The zero-order chi connectivity index (χ0) is 32.8. The summed E-state index contributed by atoms with van der Waals surface area (Å²) in [5.41, 5.74) is 5.82. The van der Waals surface area contributed by atoms with E-state index in [4.69, 9.17) is 0 Å². The van der Waals surface area contributed by atoms with Crippen LogP contribution in [0.2, 0.25) is 0 Å². The van der Waals surface area contributed by atoms with Crippen LogP contribution < -0.4 is 0 Å². The molecule has 5 nitrogen and oxygen atoms in total. The van der Waals surface area contributed by atoms with Crippen LogP contribution in [0, 0.1) is 32.6 Å². The Balaban J connectivity index is 1.50. The van der Waals surface area contributed by atoms with E-state index in [9.17, 15) is 21.6 Å². The molecule has 6 atom stereocenters. The van der Waals surface area contributed by atoms with Crippen LogP contribution >= 0.6 is 0 Å². The normalized spacial score (nSPS) is 25.2. The first kappa shape index (κ1) is 32.4. The molecule has 0 aliphatic heterocycles. The number of carbonyl (C=O) groups is 1. The average molecular weight is 655 g/mol. The third-order valence-electron chi connectivity index (χ3n) is 10.4. The van der Waals surface area contributed by atoms with E-state index in [2.05, 4.69) is 6.92 Å². The van der Waals surface area contributed by atoms with E-state index < -0.39 is 53.8 Å². The zero-order valence-electron chi connectivity index (χ0n) is 26.9. The molecule has 0 bridgehead atoms. The molecule has 240 valence electrons. The summed E-state index contributed by atoms with van der Waals surface area (Å²) >= 11 is 0. The highest BCUT2D eigenvalue weighted by Gasteiger charge is 2.56. The lowest BCUT2D eigenvalue weighted by molar-refractivity contribution is -0.128. The molecule has 6 rings (SSSR count). The minimum Gasteiger partial charge on any atom is -0.299 e. The van der Waals surface area contributed by atoms with Crippen molar-refractivity contribution in [1.29, 1.82) is 0 Å². The summed E-state index contributed by atoms with van der Waals surface area (Å²) in [5, 5.41) is -1.73. The maximum Gasteiger partial charge on any atom is 0.182 e. The maximum absolute atomic E-state index is 14.8. The Morgan fingerprint density at radius 2 is 1.02 bits per heavy atom. The number of ketones is 1. The van der Waals surface area contributed by atoms with Crippen molar-refractivity contribution in [3.05, 3.63) is 130 Å². The fourth-order valence-corrected chi connectivity index (χ4v) is 12.1. The second-order valence-corrected chi connectivity index (χ2v) is 17.6. The van der Waals surface area contributed by atoms with Crippen molar-refractivity contribution < 1.29 is 21.6 Å². The fraction of sp³-hybridized carbons (Fsp3) is 0.359. The van der Waals surface area contributed by atoms with Crippen LogP contribution in [-0.4, -0.2) is 33.1 Å². The summed E-state index contributed by atoms with van der Waals surface area (Å²) in [6.07, 6.45) is 1.30. The first-order valence-corrected chi connectivity index (χ1v) is 19.3. The number of aryl methyl sites for hydroxylation is 4. The Bertz CT molecular complexity index is 1930. The van der Waals surface area contributed by atoms with E-state index in [1.165, 1.54) is 0 Å². The van der Waals surface area contributed by atoms with Gasteiger partial charge in [-0.15, -0.1) is 0 Å². The van der Waals surface area contributed by atoms with Gasteiger partial charge in [0.15, 0.2) is 19.7 Å². The Labute approximate surface area is 273 Å². The van der Waals surface area contributed by atoms with Gasteiger partial charge in [0.1, 0.15) is 5.78 Å². The molecule has 0 saturated heterocycles. The Hall–Kier alpha value is -3.55. The van der Waals surface area contributed by atoms with Gasteiger partial charge >= 0.3 is 0 Å². The number of benzene rings is 4. The SMILES string of the molecule is CCc1ccc(C2CC(=O)[C@@H]3CC(S(=O)(=O)c4ccc(C)cc4)C(c4ccc(C)cc4)C[C@@H]3C2S(=O)(=O)c2ccc(C)cc2)cc1. The van der Waals surface area contributed by atoms with Crippen LogP contribution in [0.15, 0.2) is 107 Å². The van der Waals surface area contributed by atoms with Gasteiger partial charge in [-0.3, -0.25) is 4.79 Å². The van der Waals surface area contributed by atoms with Gasteiger partial charge < -0.3 is 0 Å². The van der Waals surface area contributed by atoms with E-state index in [0.29, 0.717) is 0 Å². The van der Waals surface area contributed by atoms with E-state index in [1.807, 2.05) is 81.4 Å². The van der Waals surface area contributed by atoms with Crippen LogP contribution in [0.1, 0.15) is 71.4 Å². The second kappa shape index (κ2) is 12.6. The third kappa shape index (κ3) is 6.00. The smallest absolute Gasteiger partial charge is 0.182 e. The number of Topliss-reactive ketones (excluding diaryl/α,β-unsaturated/α-hetero) is 1. The Kier molecular flexibility index (Phi) is 8.85. The van der Waals surface area contributed by atoms with Gasteiger partial charge in [0, 0.05) is 24.2 Å². The first-order chi connectivity index (χ1) is 21.9. The molecule has 0 radical (unpaired) electrons. The molecule has 4 aromatic rings. The summed E-state index contributed by atoms with van der Waals surface area (Å²) in [6, 6.07) is 29.7. The van der Waals surface area contributed by atoms with Crippen molar-refractivity contribution in [3.63, 3.8) is 0 Å². The van der Waals surface area contributed by atoms with Gasteiger partial charge in [-0.1, -0.05) is 96.4 Å². The van der Waals surface area contributed by atoms with Crippen molar-refractivity contribution in [2.45, 2.75) is 85.5 Å². The summed E-state index contributed by atoms with van der Waals surface area (Å²) < 4.78 is 58.3. The van der Waals surface area contributed by atoms with Crippen LogP contribution in [0.5, 0.6) is 0 Å². The van der Waals surface area contributed by atoms with E-state index in [1.54, 1.807) is 36.4 Å².